The van der Waals surface area contributed by atoms with Crippen molar-refractivity contribution in [2.24, 2.45) is 0 Å². The van der Waals surface area contributed by atoms with E-state index in [0.717, 1.165) is 6.92 Å². The number of aliphatic hydroxyl groups is 1. The van der Waals surface area contributed by atoms with Crippen LogP contribution in [-0.4, -0.2) is 22.2 Å². The molecule has 1 aromatic carbocycles. The van der Waals surface area contributed by atoms with E-state index in [1.165, 1.54) is 6.92 Å². The van der Waals surface area contributed by atoms with Crippen LogP contribution in [-0.2, 0) is 16.2 Å². The molecule has 0 spiro atoms. The summed E-state index contributed by atoms with van der Waals surface area (Å²) in [6, 6.07) is 6.88. The van der Waals surface area contributed by atoms with Gasteiger partial charge in [-0.1, -0.05) is 18.2 Å². The highest BCUT2D eigenvalue weighted by Gasteiger charge is 2.02. The molecule has 0 aromatic heterocycles. The number of carbonyl (C=O) groups is 2. The highest BCUT2D eigenvalue weighted by atomic mass is 16.5. The Morgan fingerprint density at radius 3 is 2.19 bits per heavy atom. The summed E-state index contributed by atoms with van der Waals surface area (Å²) < 4.78 is 4.84. The van der Waals surface area contributed by atoms with Gasteiger partial charge in [-0.25, -0.2) is 0 Å². The van der Waals surface area contributed by atoms with E-state index in [0.29, 0.717) is 11.3 Å². The fraction of sp³-hybridized carbons (Fsp3) is 0.273. The van der Waals surface area contributed by atoms with Gasteiger partial charge in [-0.2, -0.15) is 0 Å². The molecule has 0 bridgehead atoms. The Hall–Kier alpha value is -1.88. The van der Waals surface area contributed by atoms with Crippen molar-refractivity contribution in [1.82, 2.24) is 0 Å². The summed E-state index contributed by atoms with van der Waals surface area (Å²) in [5, 5.41) is 16.3. The number of esters is 1. The minimum Gasteiger partial charge on any atom is -0.481 e. The van der Waals surface area contributed by atoms with Gasteiger partial charge in [-0.05, 0) is 6.07 Å². The second kappa shape index (κ2) is 7.42. The number of benzene rings is 1. The average Bonchev–Trinajstić information content (AvgIpc) is 2.17. The molecule has 0 radical (unpaired) electrons. The Morgan fingerprint density at radius 2 is 1.75 bits per heavy atom. The maximum absolute atomic E-state index is 10.6. The van der Waals surface area contributed by atoms with Gasteiger partial charge in [0.25, 0.3) is 5.97 Å². The summed E-state index contributed by atoms with van der Waals surface area (Å²) in [6.45, 7) is 2.29. The third-order valence-corrected chi connectivity index (χ3v) is 1.40. The van der Waals surface area contributed by atoms with Crippen LogP contribution in [0.25, 0.3) is 0 Å². The number of para-hydroxylation sites is 1. The minimum atomic E-state index is -0.833. The van der Waals surface area contributed by atoms with Crippen LogP contribution in [0.4, 0.5) is 0 Å². The zero-order chi connectivity index (χ0) is 12.6. The van der Waals surface area contributed by atoms with E-state index in [2.05, 4.69) is 0 Å². The molecule has 1 rings (SSSR count). The van der Waals surface area contributed by atoms with E-state index < -0.39 is 5.97 Å². The summed E-state index contributed by atoms with van der Waals surface area (Å²) in [6.07, 6.45) is 0. The lowest BCUT2D eigenvalue weighted by Crippen LogP contribution is -2.03. The summed E-state index contributed by atoms with van der Waals surface area (Å²) in [5.41, 5.74) is 0.618. The lowest BCUT2D eigenvalue weighted by atomic mass is 10.2. The zero-order valence-electron chi connectivity index (χ0n) is 9.14. The molecule has 0 aliphatic rings. The number of aliphatic carboxylic acids is 1. The Bertz CT molecular complexity index is 355. The highest BCUT2D eigenvalue weighted by molar-refractivity contribution is 5.69. The van der Waals surface area contributed by atoms with Crippen LogP contribution in [0.5, 0.6) is 5.75 Å². The van der Waals surface area contributed by atoms with E-state index in [-0.39, 0.29) is 12.6 Å². The Labute approximate surface area is 93.3 Å². The Kier molecular flexibility index (Phi) is 6.55. The highest BCUT2D eigenvalue weighted by Crippen LogP contribution is 2.17. The molecule has 0 atom stereocenters. The van der Waals surface area contributed by atoms with E-state index in [1.807, 2.05) is 0 Å². The SMILES string of the molecule is CC(=O)O.CC(=O)Oc1ccccc1CO. The maximum atomic E-state index is 10.6. The number of hydrogen-bond donors (Lipinski definition) is 2. The fourth-order valence-electron chi connectivity index (χ4n) is 0.889. The molecule has 0 saturated heterocycles. The van der Waals surface area contributed by atoms with Crippen molar-refractivity contribution in [3.05, 3.63) is 29.8 Å². The Morgan fingerprint density at radius 1 is 1.25 bits per heavy atom. The van der Waals surface area contributed by atoms with Crippen LogP contribution in [0.3, 0.4) is 0 Å². The molecular weight excluding hydrogens is 212 g/mol. The monoisotopic (exact) mass is 226 g/mol. The van der Waals surface area contributed by atoms with Crippen molar-refractivity contribution >= 4 is 11.9 Å². The first-order valence-corrected chi connectivity index (χ1v) is 4.54. The molecule has 0 saturated carbocycles. The number of carbonyl (C=O) groups excluding carboxylic acids is 1. The molecule has 0 aliphatic carbocycles. The molecule has 0 unspecified atom stereocenters. The van der Waals surface area contributed by atoms with Crippen molar-refractivity contribution in [3.63, 3.8) is 0 Å². The van der Waals surface area contributed by atoms with Gasteiger partial charge in [0.05, 0.1) is 6.61 Å². The quantitative estimate of drug-likeness (QED) is 0.584. The fourth-order valence-corrected chi connectivity index (χ4v) is 0.889. The van der Waals surface area contributed by atoms with Gasteiger partial charge in [0, 0.05) is 19.4 Å². The second-order valence-electron chi connectivity index (χ2n) is 2.88. The van der Waals surface area contributed by atoms with Gasteiger partial charge in [0.2, 0.25) is 0 Å². The third-order valence-electron chi connectivity index (χ3n) is 1.40. The first-order valence-electron chi connectivity index (χ1n) is 4.54. The van der Waals surface area contributed by atoms with Gasteiger partial charge < -0.3 is 14.9 Å². The lowest BCUT2D eigenvalue weighted by molar-refractivity contribution is -0.134. The summed E-state index contributed by atoms with van der Waals surface area (Å²) >= 11 is 0. The third kappa shape index (κ3) is 6.56. The van der Waals surface area contributed by atoms with E-state index >= 15 is 0 Å². The van der Waals surface area contributed by atoms with Crippen LogP contribution in [0.1, 0.15) is 19.4 Å². The molecule has 88 valence electrons. The van der Waals surface area contributed by atoms with E-state index in [4.69, 9.17) is 19.7 Å². The first-order chi connectivity index (χ1) is 7.47. The van der Waals surface area contributed by atoms with E-state index in [1.54, 1.807) is 24.3 Å². The second-order valence-corrected chi connectivity index (χ2v) is 2.88. The Balaban J connectivity index is 0.000000487. The molecule has 16 heavy (non-hydrogen) atoms. The summed E-state index contributed by atoms with van der Waals surface area (Å²) in [4.78, 5) is 19.6. The predicted octanol–water partition coefficient (Wildman–Crippen LogP) is 1.20. The number of rotatable bonds is 2. The van der Waals surface area contributed by atoms with Gasteiger partial charge in [-0.15, -0.1) is 0 Å². The first kappa shape index (κ1) is 14.1. The molecule has 0 heterocycles. The van der Waals surface area contributed by atoms with Gasteiger partial charge in [-0.3, -0.25) is 9.59 Å². The van der Waals surface area contributed by atoms with Gasteiger partial charge >= 0.3 is 5.97 Å². The molecule has 0 amide bonds. The standard InChI is InChI=1S/C9H10O3.C2H4O2/c1-7(11)12-9-5-3-2-4-8(9)6-10;1-2(3)4/h2-5,10H,6H2,1H3;1H3,(H,3,4). The smallest absolute Gasteiger partial charge is 0.308 e. The maximum Gasteiger partial charge on any atom is 0.308 e. The zero-order valence-corrected chi connectivity index (χ0v) is 9.14. The summed E-state index contributed by atoms with van der Waals surface area (Å²) in [7, 11) is 0. The van der Waals surface area contributed by atoms with Gasteiger partial charge in [0.15, 0.2) is 0 Å². The average molecular weight is 226 g/mol. The number of carboxylic acids is 1. The number of ether oxygens (including phenoxy) is 1. The largest absolute Gasteiger partial charge is 0.481 e. The van der Waals surface area contributed by atoms with Crippen LogP contribution in [0, 0.1) is 0 Å². The molecule has 0 fully saturated rings. The lowest BCUT2D eigenvalue weighted by Gasteiger charge is -2.04. The number of aliphatic hydroxyl groups excluding tert-OH is 1. The van der Waals surface area contributed by atoms with Crippen LogP contribution in [0.2, 0.25) is 0 Å². The number of hydrogen-bond acceptors (Lipinski definition) is 4. The molecule has 0 aliphatic heterocycles. The van der Waals surface area contributed by atoms with Crippen LogP contribution in [0.15, 0.2) is 24.3 Å². The molecular formula is C11H14O5. The minimum absolute atomic E-state index is 0.122. The van der Waals surface area contributed by atoms with Crippen molar-refractivity contribution in [3.8, 4) is 5.75 Å². The molecule has 5 heteroatoms. The molecule has 1 aromatic rings. The summed E-state index contributed by atoms with van der Waals surface area (Å²) in [5.74, 6) is -0.789. The van der Waals surface area contributed by atoms with Crippen molar-refractivity contribution in [2.45, 2.75) is 20.5 Å². The van der Waals surface area contributed by atoms with Crippen LogP contribution >= 0.6 is 0 Å². The normalized spacial score (nSPS) is 8.69. The topological polar surface area (TPSA) is 83.8 Å². The van der Waals surface area contributed by atoms with Gasteiger partial charge in [0.1, 0.15) is 5.75 Å². The van der Waals surface area contributed by atoms with E-state index in [9.17, 15) is 4.79 Å². The van der Waals surface area contributed by atoms with Crippen molar-refractivity contribution in [2.75, 3.05) is 0 Å². The van der Waals surface area contributed by atoms with Crippen molar-refractivity contribution < 1.29 is 24.5 Å². The van der Waals surface area contributed by atoms with Crippen molar-refractivity contribution in [1.29, 1.82) is 0 Å². The molecule has 5 nitrogen and oxygen atoms in total. The van der Waals surface area contributed by atoms with Crippen LogP contribution < -0.4 is 4.74 Å². The predicted molar refractivity (Wildman–Crippen MR) is 57.0 cm³/mol. The number of carboxylic acid groups (broad SMARTS) is 1. The molecule has 2 N–H and O–H groups in total.